The summed E-state index contributed by atoms with van der Waals surface area (Å²) in [5, 5.41) is 0. The summed E-state index contributed by atoms with van der Waals surface area (Å²) in [6.45, 7) is 0.236. The predicted molar refractivity (Wildman–Crippen MR) is 146 cm³/mol. The van der Waals surface area contributed by atoms with Gasteiger partial charge < -0.3 is 9.47 Å². The Balaban J connectivity index is 1.29. The summed E-state index contributed by atoms with van der Waals surface area (Å²) in [5.41, 5.74) is 3.26. The third-order valence-corrected chi connectivity index (χ3v) is 9.30. The van der Waals surface area contributed by atoms with Gasteiger partial charge in [-0.3, -0.25) is 4.79 Å². The number of carbonyl (C=O) groups excluding carboxylic acids is 1. The second-order valence-corrected chi connectivity index (χ2v) is 12.1. The van der Waals surface area contributed by atoms with Crippen LogP contribution in [0, 0.1) is 17.6 Å². The largest absolute Gasteiger partial charge is 0.337 e. The molecule has 3 atom stereocenters. The SMILES string of the molecule is Cn1ccnc1CN(C(=O)[C@@H]1C[C@H]1c1cccc(F)c1)c1ccc2c(c1)[C@H](NS(=O)(=O)c1ccc(F)cc1)CC2. The number of anilines is 1. The molecule has 0 aliphatic heterocycles. The number of hydrogen-bond acceptors (Lipinski definition) is 4. The zero-order valence-electron chi connectivity index (χ0n) is 21.8. The average molecular weight is 563 g/mol. The van der Waals surface area contributed by atoms with E-state index in [0.717, 1.165) is 28.8 Å². The van der Waals surface area contributed by atoms with Gasteiger partial charge in [-0.25, -0.2) is 26.9 Å². The number of aryl methyl sites for hydroxylation is 2. The zero-order chi connectivity index (χ0) is 28.0. The van der Waals surface area contributed by atoms with Gasteiger partial charge in [0.1, 0.15) is 17.5 Å². The van der Waals surface area contributed by atoms with Crippen LogP contribution in [0.25, 0.3) is 0 Å². The van der Waals surface area contributed by atoms with Crippen molar-refractivity contribution in [2.24, 2.45) is 13.0 Å². The Labute approximate surface area is 231 Å². The molecule has 1 fully saturated rings. The van der Waals surface area contributed by atoms with Gasteiger partial charge in [0.2, 0.25) is 15.9 Å². The van der Waals surface area contributed by atoms with Crippen LogP contribution in [0.1, 0.15) is 47.3 Å². The van der Waals surface area contributed by atoms with Crippen LogP contribution in [0.4, 0.5) is 14.5 Å². The van der Waals surface area contributed by atoms with E-state index in [-0.39, 0.29) is 35.0 Å². The third kappa shape index (κ3) is 5.16. The molecule has 0 bridgehead atoms. The number of rotatable bonds is 8. The van der Waals surface area contributed by atoms with Gasteiger partial charge in [0.25, 0.3) is 0 Å². The van der Waals surface area contributed by atoms with E-state index in [2.05, 4.69) is 9.71 Å². The van der Waals surface area contributed by atoms with Gasteiger partial charge in [-0.05, 0) is 90.4 Å². The number of carbonyl (C=O) groups is 1. The number of hydrogen-bond donors (Lipinski definition) is 1. The van der Waals surface area contributed by atoms with Crippen LogP contribution in [-0.4, -0.2) is 23.9 Å². The quantitative estimate of drug-likeness (QED) is 0.328. The second kappa shape index (κ2) is 10.3. The average Bonchev–Trinajstić information content (AvgIpc) is 3.50. The highest BCUT2D eigenvalue weighted by molar-refractivity contribution is 7.89. The van der Waals surface area contributed by atoms with E-state index in [1.807, 2.05) is 42.1 Å². The van der Waals surface area contributed by atoms with Crippen molar-refractivity contribution in [1.82, 2.24) is 14.3 Å². The molecule has 0 saturated heterocycles. The minimum Gasteiger partial charge on any atom is -0.337 e. The molecule has 1 heterocycles. The number of aromatic nitrogens is 2. The van der Waals surface area contributed by atoms with Gasteiger partial charge in [-0.1, -0.05) is 18.2 Å². The summed E-state index contributed by atoms with van der Waals surface area (Å²) >= 11 is 0. The first-order valence-corrected chi connectivity index (χ1v) is 14.6. The molecule has 6 rings (SSSR count). The monoisotopic (exact) mass is 562 g/mol. The zero-order valence-corrected chi connectivity index (χ0v) is 22.6. The van der Waals surface area contributed by atoms with Gasteiger partial charge in [0.15, 0.2) is 0 Å². The maximum atomic E-state index is 13.9. The Hall–Kier alpha value is -3.89. The van der Waals surface area contributed by atoms with Crippen LogP contribution in [0.15, 0.2) is 84.0 Å². The molecular weight excluding hydrogens is 534 g/mol. The first-order chi connectivity index (χ1) is 19.2. The maximum absolute atomic E-state index is 13.9. The van der Waals surface area contributed by atoms with Crippen molar-refractivity contribution in [3.8, 4) is 0 Å². The fourth-order valence-electron chi connectivity index (χ4n) is 5.51. The van der Waals surface area contributed by atoms with E-state index in [0.29, 0.717) is 30.8 Å². The number of imidazole rings is 1. The number of benzene rings is 3. The maximum Gasteiger partial charge on any atom is 0.241 e. The fourth-order valence-corrected chi connectivity index (χ4v) is 6.76. The topological polar surface area (TPSA) is 84.3 Å². The van der Waals surface area contributed by atoms with Gasteiger partial charge >= 0.3 is 0 Å². The first-order valence-electron chi connectivity index (χ1n) is 13.1. The highest BCUT2D eigenvalue weighted by Gasteiger charge is 2.46. The second-order valence-electron chi connectivity index (χ2n) is 10.4. The lowest BCUT2D eigenvalue weighted by molar-refractivity contribution is -0.120. The number of amides is 1. The first kappa shape index (κ1) is 26.3. The van der Waals surface area contributed by atoms with Crippen LogP contribution in [0.5, 0.6) is 0 Å². The molecule has 2 aliphatic carbocycles. The lowest BCUT2D eigenvalue weighted by Crippen LogP contribution is -2.33. The van der Waals surface area contributed by atoms with Crippen LogP contribution in [-0.2, 0) is 34.8 Å². The summed E-state index contributed by atoms with van der Waals surface area (Å²) in [6, 6.07) is 16.3. The molecule has 10 heteroatoms. The van der Waals surface area contributed by atoms with Crippen LogP contribution in [0.3, 0.4) is 0 Å². The molecule has 4 aromatic rings. The summed E-state index contributed by atoms with van der Waals surface area (Å²) < 4.78 is 57.9. The van der Waals surface area contributed by atoms with Crippen LogP contribution in [0.2, 0.25) is 0 Å². The Morgan fingerprint density at radius 3 is 2.60 bits per heavy atom. The molecule has 40 heavy (non-hydrogen) atoms. The van der Waals surface area contributed by atoms with E-state index in [1.165, 1.54) is 24.3 Å². The van der Waals surface area contributed by atoms with Crippen LogP contribution >= 0.6 is 0 Å². The molecule has 3 aromatic carbocycles. The number of fused-ring (bicyclic) bond motifs is 1. The van der Waals surface area contributed by atoms with Gasteiger partial charge in [0, 0.05) is 37.1 Å². The Morgan fingerprint density at radius 2 is 1.88 bits per heavy atom. The van der Waals surface area contributed by atoms with Crippen molar-refractivity contribution in [3.05, 3.63) is 113 Å². The number of nitrogens with zero attached hydrogens (tertiary/aromatic N) is 3. The molecular formula is C30H28F2N4O3S. The van der Waals surface area contributed by atoms with E-state index in [1.54, 1.807) is 17.2 Å². The summed E-state index contributed by atoms with van der Waals surface area (Å²) in [5.74, 6) is -0.570. The van der Waals surface area contributed by atoms with E-state index < -0.39 is 21.9 Å². The lowest BCUT2D eigenvalue weighted by Gasteiger charge is -2.25. The molecule has 0 unspecified atom stereocenters. The molecule has 7 nitrogen and oxygen atoms in total. The van der Waals surface area contributed by atoms with E-state index in [4.69, 9.17) is 0 Å². The van der Waals surface area contributed by atoms with Crippen molar-refractivity contribution < 1.29 is 22.0 Å². The smallest absolute Gasteiger partial charge is 0.241 e. The molecule has 206 valence electrons. The highest BCUT2D eigenvalue weighted by Crippen LogP contribution is 2.49. The summed E-state index contributed by atoms with van der Waals surface area (Å²) in [6.07, 6.45) is 5.37. The molecule has 1 saturated carbocycles. The Bertz CT molecular complexity index is 1690. The van der Waals surface area contributed by atoms with Crippen molar-refractivity contribution >= 4 is 21.6 Å². The van der Waals surface area contributed by atoms with E-state index >= 15 is 0 Å². The number of halogens is 2. The molecule has 1 amide bonds. The summed E-state index contributed by atoms with van der Waals surface area (Å²) in [4.78, 5) is 20.0. The lowest BCUT2D eigenvalue weighted by atomic mass is 10.1. The molecule has 1 N–H and O–H groups in total. The van der Waals surface area contributed by atoms with Crippen molar-refractivity contribution in [1.29, 1.82) is 0 Å². The van der Waals surface area contributed by atoms with Crippen molar-refractivity contribution in [3.63, 3.8) is 0 Å². The molecule has 2 aliphatic rings. The minimum atomic E-state index is -3.89. The third-order valence-electron chi connectivity index (χ3n) is 7.81. The van der Waals surface area contributed by atoms with Gasteiger partial charge in [0.05, 0.1) is 11.4 Å². The van der Waals surface area contributed by atoms with Gasteiger partial charge in [-0.15, -0.1) is 0 Å². The normalized spacial score (nSPS) is 19.8. The van der Waals surface area contributed by atoms with Crippen molar-refractivity contribution in [2.75, 3.05) is 4.90 Å². The van der Waals surface area contributed by atoms with E-state index in [9.17, 15) is 22.0 Å². The van der Waals surface area contributed by atoms with Crippen LogP contribution < -0.4 is 9.62 Å². The molecule has 0 spiro atoms. The summed E-state index contributed by atoms with van der Waals surface area (Å²) in [7, 11) is -2.02. The van der Waals surface area contributed by atoms with Crippen molar-refractivity contribution in [2.45, 2.75) is 42.7 Å². The Kier molecular flexibility index (Phi) is 6.75. The molecule has 0 radical (unpaired) electrons. The number of sulfonamides is 1. The molecule has 1 aromatic heterocycles. The Morgan fingerprint density at radius 1 is 1.07 bits per heavy atom. The highest BCUT2D eigenvalue weighted by atomic mass is 32.2. The predicted octanol–water partition coefficient (Wildman–Crippen LogP) is 5.00. The standard InChI is InChI=1S/C30H28F2N4O3S/c1-35-14-13-33-29(35)18-36(30(37)27-17-25(27)20-3-2-4-22(32)15-20)23-9-5-19-6-12-28(26(19)16-23)34-40(38,39)24-10-7-21(31)8-11-24/h2-5,7-11,13-16,25,27-28,34H,6,12,17-18H2,1H3/t25-,27+,28+/m0/s1. The number of nitrogens with one attached hydrogen (secondary N) is 1. The van der Waals surface area contributed by atoms with Gasteiger partial charge in [-0.2, -0.15) is 0 Å². The fraction of sp³-hybridized carbons (Fsp3) is 0.267. The minimum absolute atomic E-state index is 0.0118.